The fraction of sp³-hybridized carbons (Fsp3) is 0. The zero-order chi connectivity index (χ0) is 14.9. The molecule has 0 amide bonds. The first-order valence-corrected chi connectivity index (χ1v) is 8.82. The largest absolute Gasteiger partial charge is 0.266 e. The first kappa shape index (κ1) is 15.8. The molecule has 0 aliphatic rings. The van der Waals surface area contributed by atoms with Gasteiger partial charge in [0.2, 0.25) is 0 Å². The van der Waals surface area contributed by atoms with Crippen molar-refractivity contribution in [3.8, 4) is 0 Å². The molecule has 10 heteroatoms. The van der Waals surface area contributed by atoms with E-state index in [1.54, 1.807) is 0 Å². The van der Waals surface area contributed by atoms with Gasteiger partial charge in [-0.05, 0) is 50.1 Å². The number of benzene rings is 1. The van der Waals surface area contributed by atoms with Crippen LogP contribution >= 0.6 is 47.8 Å². The summed E-state index contributed by atoms with van der Waals surface area (Å²) < 4.78 is 41.1. The Morgan fingerprint density at radius 3 is 2.50 bits per heavy atom. The van der Waals surface area contributed by atoms with Crippen LogP contribution in [0.2, 0.25) is 0 Å². The molecular formula is C10H5Br3FN3O2S. The summed E-state index contributed by atoms with van der Waals surface area (Å²) in [7, 11) is -4.09. The van der Waals surface area contributed by atoms with Gasteiger partial charge in [-0.3, -0.25) is 4.72 Å². The highest BCUT2D eigenvalue weighted by atomic mass is 79.9. The predicted octanol–water partition coefficient (Wildman–Crippen LogP) is 3.70. The van der Waals surface area contributed by atoms with Gasteiger partial charge in [0.15, 0.2) is 10.4 Å². The van der Waals surface area contributed by atoms with Crippen molar-refractivity contribution >= 4 is 63.6 Å². The molecule has 1 N–H and O–H groups in total. The van der Waals surface area contributed by atoms with E-state index in [-0.39, 0.29) is 10.4 Å². The van der Waals surface area contributed by atoms with Gasteiger partial charge in [-0.25, -0.2) is 22.8 Å². The van der Waals surface area contributed by atoms with E-state index >= 15 is 0 Å². The second kappa shape index (κ2) is 6.04. The van der Waals surface area contributed by atoms with Gasteiger partial charge in [0, 0.05) is 4.47 Å². The standard InChI is InChI=1S/C10H5Br3FN3O2S/c11-5-1-2-7(6(14)3-5)20(18,19)17-10-9(13)16-8(12)4-15-10/h1-4H,(H,15,17). The van der Waals surface area contributed by atoms with E-state index < -0.39 is 20.7 Å². The van der Waals surface area contributed by atoms with Gasteiger partial charge >= 0.3 is 0 Å². The number of nitrogens with one attached hydrogen (secondary N) is 1. The second-order valence-electron chi connectivity index (χ2n) is 3.51. The Morgan fingerprint density at radius 1 is 1.20 bits per heavy atom. The number of sulfonamides is 1. The van der Waals surface area contributed by atoms with Crippen molar-refractivity contribution in [1.29, 1.82) is 0 Å². The molecule has 0 spiro atoms. The van der Waals surface area contributed by atoms with E-state index in [1.165, 1.54) is 12.3 Å². The molecule has 0 fully saturated rings. The van der Waals surface area contributed by atoms with Crippen LogP contribution in [0.3, 0.4) is 0 Å². The Bertz CT molecular complexity index is 770. The lowest BCUT2D eigenvalue weighted by Gasteiger charge is -2.09. The average molecular weight is 490 g/mol. The summed E-state index contributed by atoms with van der Waals surface area (Å²) in [5.74, 6) is -0.899. The summed E-state index contributed by atoms with van der Waals surface area (Å²) in [6, 6.07) is 3.65. The summed E-state index contributed by atoms with van der Waals surface area (Å²) in [4.78, 5) is 7.31. The zero-order valence-electron chi connectivity index (χ0n) is 9.44. The van der Waals surface area contributed by atoms with Crippen molar-refractivity contribution in [3.05, 3.63) is 43.9 Å². The molecule has 106 valence electrons. The van der Waals surface area contributed by atoms with E-state index in [2.05, 4.69) is 62.5 Å². The molecule has 1 heterocycles. The van der Waals surface area contributed by atoms with Gasteiger partial charge < -0.3 is 0 Å². The molecule has 1 aromatic carbocycles. The van der Waals surface area contributed by atoms with Gasteiger partial charge in [-0.1, -0.05) is 15.9 Å². The Hall–Kier alpha value is -0.580. The van der Waals surface area contributed by atoms with Crippen LogP contribution in [-0.2, 0) is 10.0 Å². The minimum absolute atomic E-state index is 0.0319. The second-order valence-corrected chi connectivity index (χ2v) is 7.64. The quantitative estimate of drug-likeness (QED) is 0.713. The maximum atomic E-state index is 13.7. The van der Waals surface area contributed by atoms with E-state index in [4.69, 9.17) is 0 Å². The van der Waals surface area contributed by atoms with Crippen LogP contribution in [0.25, 0.3) is 0 Å². The SMILES string of the molecule is O=S(=O)(Nc1ncc(Br)nc1Br)c1ccc(Br)cc1F. The Morgan fingerprint density at radius 2 is 1.90 bits per heavy atom. The fourth-order valence-electron chi connectivity index (χ4n) is 1.29. The van der Waals surface area contributed by atoms with Crippen molar-refractivity contribution in [2.45, 2.75) is 4.90 Å². The van der Waals surface area contributed by atoms with Gasteiger partial charge in [-0.15, -0.1) is 0 Å². The molecule has 0 aliphatic heterocycles. The third kappa shape index (κ3) is 3.54. The van der Waals surface area contributed by atoms with Crippen LogP contribution in [0.5, 0.6) is 0 Å². The van der Waals surface area contributed by atoms with Crippen LogP contribution < -0.4 is 4.72 Å². The first-order valence-electron chi connectivity index (χ1n) is 4.95. The number of anilines is 1. The van der Waals surface area contributed by atoms with Crippen molar-refractivity contribution in [1.82, 2.24) is 9.97 Å². The number of hydrogen-bond acceptors (Lipinski definition) is 4. The van der Waals surface area contributed by atoms with Gasteiger partial charge in [0.05, 0.1) is 6.20 Å². The van der Waals surface area contributed by atoms with Crippen LogP contribution in [0.15, 0.2) is 43.0 Å². The van der Waals surface area contributed by atoms with E-state index in [1.807, 2.05) is 0 Å². The number of nitrogens with zero attached hydrogens (tertiary/aromatic N) is 2. The number of halogens is 4. The highest BCUT2D eigenvalue weighted by Crippen LogP contribution is 2.25. The molecule has 0 radical (unpaired) electrons. The average Bonchev–Trinajstić information content (AvgIpc) is 2.32. The molecule has 5 nitrogen and oxygen atoms in total. The van der Waals surface area contributed by atoms with E-state index in [9.17, 15) is 12.8 Å². The summed E-state index contributed by atoms with van der Waals surface area (Å²) in [6.45, 7) is 0. The molecule has 0 unspecified atom stereocenters. The molecule has 0 aliphatic carbocycles. The fourth-order valence-corrected chi connectivity index (χ4v) is 3.74. The van der Waals surface area contributed by atoms with Gasteiger partial charge in [0.25, 0.3) is 10.0 Å². The normalized spacial score (nSPS) is 11.4. The topological polar surface area (TPSA) is 72.0 Å². The maximum absolute atomic E-state index is 13.7. The van der Waals surface area contributed by atoms with Crippen molar-refractivity contribution < 1.29 is 12.8 Å². The molecule has 1 aromatic heterocycles. The maximum Gasteiger partial charge on any atom is 0.266 e. The van der Waals surface area contributed by atoms with E-state index in [0.717, 1.165) is 12.1 Å². The highest BCUT2D eigenvalue weighted by molar-refractivity contribution is 9.11. The zero-order valence-corrected chi connectivity index (χ0v) is 15.0. The van der Waals surface area contributed by atoms with Crippen LogP contribution in [0.1, 0.15) is 0 Å². The third-order valence-corrected chi connectivity index (χ3v) is 4.92. The first-order chi connectivity index (χ1) is 9.29. The van der Waals surface area contributed by atoms with Crippen molar-refractivity contribution in [2.24, 2.45) is 0 Å². The number of hydrogen-bond donors (Lipinski definition) is 1. The highest BCUT2D eigenvalue weighted by Gasteiger charge is 2.21. The third-order valence-electron chi connectivity index (χ3n) is 2.12. The lowest BCUT2D eigenvalue weighted by Crippen LogP contribution is -2.16. The summed E-state index contributed by atoms with van der Waals surface area (Å²) in [5, 5.41) is 0. The smallest absolute Gasteiger partial charge is 0.261 e. The summed E-state index contributed by atoms with van der Waals surface area (Å²) in [6.07, 6.45) is 1.32. The Kier molecular flexibility index (Phi) is 4.77. The predicted molar refractivity (Wildman–Crippen MR) is 82.3 cm³/mol. The molecule has 2 rings (SSSR count). The molecule has 0 saturated heterocycles. The minimum Gasteiger partial charge on any atom is -0.261 e. The Balaban J connectivity index is 2.41. The van der Waals surface area contributed by atoms with Crippen LogP contribution in [0, 0.1) is 5.82 Å². The molecule has 2 aromatic rings. The summed E-state index contributed by atoms with van der Waals surface area (Å²) >= 11 is 9.22. The minimum atomic E-state index is -4.09. The lowest BCUT2D eigenvalue weighted by atomic mass is 10.3. The van der Waals surface area contributed by atoms with Crippen LogP contribution in [0.4, 0.5) is 10.2 Å². The molecule has 0 atom stereocenters. The monoisotopic (exact) mass is 487 g/mol. The molecule has 20 heavy (non-hydrogen) atoms. The number of rotatable bonds is 3. The number of aromatic nitrogens is 2. The van der Waals surface area contributed by atoms with Crippen molar-refractivity contribution in [2.75, 3.05) is 4.72 Å². The summed E-state index contributed by atoms with van der Waals surface area (Å²) in [5.41, 5.74) is 0. The van der Waals surface area contributed by atoms with E-state index in [0.29, 0.717) is 9.08 Å². The van der Waals surface area contributed by atoms with Gasteiger partial charge in [-0.2, -0.15) is 0 Å². The molecular weight excluding hydrogens is 485 g/mol. The van der Waals surface area contributed by atoms with Crippen molar-refractivity contribution in [3.63, 3.8) is 0 Å². The lowest BCUT2D eigenvalue weighted by molar-refractivity contribution is 0.569. The molecule has 0 saturated carbocycles. The molecule has 0 bridgehead atoms. The van der Waals surface area contributed by atoms with Gasteiger partial charge in [0.1, 0.15) is 15.3 Å². The van der Waals surface area contributed by atoms with Crippen LogP contribution in [-0.4, -0.2) is 18.4 Å². The Labute approximate surface area is 139 Å².